The summed E-state index contributed by atoms with van der Waals surface area (Å²) in [6.07, 6.45) is 6.15. The van der Waals surface area contributed by atoms with Crippen molar-refractivity contribution < 1.29 is 13.2 Å². The van der Waals surface area contributed by atoms with Gasteiger partial charge in [0.05, 0.1) is 4.90 Å². The molecule has 1 aromatic carbocycles. The molecule has 0 aliphatic carbocycles. The van der Waals surface area contributed by atoms with Crippen molar-refractivity contribution in [3.63, 3.8) is 0 Å². The summed E-state index contributed by atoms with van der Waals surface area (Å²) in [5, 5.41) is 2.90. The number of carbonyl (C=O) groups excluding carboxylic acids is 1. The van der Waals surface area contributed by atoms with Gasteiger partial charge >= 0.3 is 0 Å². The van der Waals surface area contributed by atoms with Crippen LogP contribution in [0.25, 0.3) is 0 Å². The first-order valence-corrected chi connectivity index (χ1v) is 10.8. The second kappa shape index (κ2) is 9.34. The number of nitrogens with zero attached hydrogens (tertiary/aromatic N) is 1. The Bertz CT molecular complexity index is 656. The molecule has 25 heavy (non-hydrogen) atoms. The van der Waals surface area contributed by atoms with Crippen molar-refractivity contribution >= 4 is 15.9 Å². The normalized spacial score (nSPS) is 18.9. The number of rotatable bonds is 8. The maximum Gasteiger partial charge on any atom is 0.243 e. The van der Waals surface area contributed by atoms with Crippen LogP contribution in [0.4, 0.5) is 0 Å². The highest BCUT2D eigenvalue weighted by molar-refractivity contribution is 7.89. The number of piperidine rings is 1. The monoisotopic (exact) mass is 366 g/mol. The van der Waals surface area contributed by atoms with Crippen molar-refractivity contribution in [3.05, 3.63) is 29.8 Å². The van der Waals surface area contributed by atoms with E-state index in [1.165, 1.54) is 0 Å². The van der Waals surface area contributed by atoms with E-state index in [-0.39, 0.29) is 11.9 Å². The fraction of sp³-hybridized carbons (Fsp3) is 0.632. The van der Waals surface area contributed by atoms with Gasteiger partial charge in [0, 0.05) is 25.6 Å². The van der Waals surface area contributed by atoms with Gasteiger partial charge in [0.1, 0.15) is 0 Å². The van der Waals surface area contributed by atoms with E-state index in [2.05, 4.69) is 12.2 Å². The smallest absolute Gasteiger partial charge is 0.243 e. The fourth-order valence-corrected chi connectivity index (χ4v) is 4.86. The predicted molar refractivity (Wildman–Crippen MR) is 99.9 cm³/mol. The van der Waals surface area contributed by atoms with Crippen molar-refractivity contribution in [1.29, 1.82) is 0 Å². The highest BCUT2D eigenvalue weighted by Gasteiger charge is 2.30. The zero-order valence-electron chi connectivity index (χ0n) is 15.3. The van der Waals surface area contributed by atoms with Crippen LogP contribution in [0.3, 0.4) is 0 Å². The summed E-state index contributed by atoms with van der Waals surface area (Å²) < 4.78 is 27.2. The van der Waals surface area contributed by atoms with Gasteiger partial charge < -0.3 is 5.32 Å². The SMILES string of the molecule is CCCCC(=O)NCCc1ccc(S(=O)(=O)N2CCCCC2C)cc1. The van der Waals surface area contributed by atoms with Crippen molar-refractivity contribution in [1.82, 2.24) is 9.62 Å². The Morgan fingerprint density at radius 1 is 1.24 bits per heavy atom. The molecule has 1 amide bonds. The first-order valence-electron chi connectivity index (χ1n) is 9.32. The summed E-state index contributed by atoms with van der Waals surface area (Å²) in [4.78, 5) is 11.9. The molecule has 0 aromatic heterocycles. The minimum absolute atomic E-state index is 0.0664. The van der Waals surface area contributed by atoms with Gasteiger partial charge in [0.25, 0.3) is 0 Å². The van der Waals surface area contributed by atoms with E-state index >= 15 is 0 Å². The van der Waals surface area contributed by atoms with Gasteiger partial charge in [-0.2, -0.15) is 4.31 Å². The van der Waals surface area contributed by atoms with Gasteiger partial charge in [-0.1, -0.05) is 31.9 Å². The van der Waals surface area contributed by atoms with Crippen LogP contribution in [-0.2, 0) is 21.2 Å². The van der Waals surface area contributed by atoms with Crippen molar-refractivity contribution in [2.75, 3.05) is 13.1 Å². The molecule has 0 radical (unpaired) electrons. The molecule has 1 N–H and O–H groups in total. The third kappa shape index (κ3) is 5.54. The lowest BCUT2D eigenvalue weighted by Gasteiger charge is -2.32. The Labute approximate surface area is 151 Å². The molecule has 0 bridgehead atoms. The molecule has 1 aliphatic heterocycles. The molecule has 5 nitrogen and oxygen atoms in total. The van der Waals surface area contributed by atoms with Crippen LogP contribution in [0.5, 0.6) is 0 Å². The van der Waals surface area contributed by atoms with E-state index < -0.39 is 10.0 Å². The van der Waals surface area contributed by atoms with E-state index in [4.69, 9.17) is 0 Å². The van der Waals surface area contributed by atoms with E-state index in [9.17, 15) is 13.2 Å². The zero-order chi connectivity index (χ0) is 18.3. The average molecular weight is 367 g/mol. The average Bonchev–Trinajstić information content (AvgIpc) is 2.60. The molecule has 1 aromatic rings. The van der Waals surface area contributed by atoms with E-state index in [0.717, 1.165) is 37.7 Å². The number of nitrogens with one attached hydrogen (secondary N) is 1. The topological polar surface area (TPSA) is 66.5 Å². The van der Waals surface area contributed by atoms with Crippen LogP contribution in [0.15, 0.2) is 29.2 Å². The number of carbonyl (C=O) groups is 1. The van der Waals surface area contributed by atoms with Crippen LogP contribution < -0.4 is 5.32 Å². The highest BCUT2D eigenvalue weighted by Crippen LogP contribution is 2.25. The van der Waals surface area contributed by atoms with Gasteiger partial charge in [-0.25, -0.2) is 8.42 Å². The van der Waals surface area contributed by atoms with Gasteiger partial charge in [0.15, 0.2) is 0 Å². The maximum atomic E-state index is 12.8. The minimum atomic E-state index is -3.41. The first kappa shape index (κ1) is 19.9. The molecule has 0 saturated carbocycles. The molecular formula is C19H30N2O3S. The van der Waals surface area contributed by atoms with Crippen molar-refractivity contribution in [2.24, 2.45) is 0 Å². The summed E-state index contributed by atoms with van der Waals surface area (Å²) in [5.74, 6) is 0.0835. The number of benzene rings is 1. The maximum absolute atomic E-state index is 12.8. The molecule has 1 fully saturated rings. The molecule has 2 rings (SSSR count). The molecule has 140 valence electrons. The van der Waals surface area contributed by atoms with E-state index in [1.807, 2.05) is 19.1 Å². The summed E-state index contributed by atoms with van der Waals surface area (Å²) in [5.41, 5.74) is 1.03. The number of sulfonamides is 1. The number of amides is 1. The lowest BCUT2D eigenvalue weighted by molar-refractivity contribution is -0.121. The number of hydrogen-bond acceptors (Lipinski definition) is 3. The predicted octanol–water partition coefficient (Wildman–Crippen LogP) is 3.10. The Morgan fingerprint density at radius 3 is 2.60 bits per heavy atom. The Hall–Kier alpha value is -1.40. The third-order valence-corrected chi connectivity index (χ3v) is 6.79. The molecule has 1 aliphatic rings. The van der Waals surface area contributed by atoms with Gasteiger partial charge in [0.2, 0.25) is 15.9 Å². The standard InChI is InChI=1S/C19H30N2O3S/c1-3-4-8-19(22)20-14-13-17-9-11-18(12-10-17)25(23,24)21-15-6-5-7-16(21)2/h9-12,16H,3-8,13-15H2,1-2H3,(H,20,22). The fourth-order valence-electron chi connectivity index (χ4n) is 3.16. The number of unbranched alkanes of at least 4 members (excludes halogenated alkanes) is 1. The summed E-state index contributed by atoms with van der Waals surface area (Å²) >= 11 is 0. The molecular weight excluding hydrogens is 336 g/mol. The summed E-state index contributed by atoms with van der Waals surface area (Å²) in [6, 6.07) is 7.13. The Balaban J connectivity index is 1.91. The zero-order valence-corrected chi connectivity index (χ0v) is 16.1. The largest absolute Gasteiger partial charge is 0.356 e. The number of hydrogen-bond donors (Lipinski definition) is 1. The minimum Gasteiger partial charge on any atom is -0.356 e. The third-order valence-electron chi connectivity index (χ3n) is 4.77. The van der Waals surface area contributed by atoms with E-state index in [1.54, 1.807) is 16.4 Å². The molecule has 1 saturated heterocycles. The molecule has 1 heterocycles. The van der Waals surface area contributed by atoms with Crippen LogP contribution >= 0.6 is 0 Å². The van der Waals surface area contributed by atoms with Crippen molar-refractivity contribution in [3.8, 4) is 0 Å². The second-order valence-electron chi connectivity index (χ2n) is 6.81. The highest BCUT2D eigenvalue weighted by atomic mass is 32.2. The van der Waals surface area contributed by atoms with Crippen LogP contribution in [0.2, 0.25) is 0 Å². The Kier molecular flexibility index (Phi) is 7.44. The van der Waals surface area contributed by atoms with E-state index in [0.29, 0.717) is 30.8 Å². The van der Waals surface area contributed by atoms with Gasteiger partial charge in [-0.15, -0.1) is 0 Å². The van der Waals surface area contributed by atoms with Gasteiger partial charge in [-0.3, -0.25) is 4.79 Å². The van der Waals surface area contributed by atoms with Crippen molar-refractivity contribution in [2.45, 2.75) is 69.7 Å². The Morgan fingerprint density at radius 2 is 1.96 bits per heavy atom. The molecule has 1 unspecified atom stereocenters. The van der Waals surface area contributed by atoms with Crippen LogP contribution in [0.1, 0.15) is 57.9 Å². The van der Waals surface area contributed by atoms with Gasteiger partial charge in [-0.05, 0) is 50.3 Å². The summed E-state index contributed by atoms with van der Waals surface area (Å²) in [7, 11) is -3.41. The molecule has 1 atom stereocenters. The van der Waals surface area contributed by atoms with Crippen LogP contribution in [-0.4, -0.2) is 37.8 Å². The van der Waals surface area contributed by atoms with Crippen LogP contribution in [0, 0.1) is 0 Å². The molecule has 6 heteroatoms. The lowest BCUT2D eigenvalue weighted by Crippen LogP contribution is -2.41. The summed E-state index contributed by atoms with van der Waals surface area (Å²) in [6.45, 7) is 5.23. The quantitative estimate of drug-likeness (QED) is 0.769. The lowest BCUT2D eigenvalue weighted by atomic mass is 10.1. The second-order valence-corrected chi connectivity index (χ2v) is 8.70. The first-order chi connectivity index (χ1) is 11.9. The molecule has 0 spiro atoms.